The van der Waals surface area contributed by atoms with Crippen LogP contribution in [0.5, 0.6) is 5.75 Å². The minimum Gasteiger partial charge on any atom is -0.493 e. The Kier molecular flexibility index (Phi) is 12.2. The Balaban J connectivity index is 1.56. The highest BCUT2D eigenvalue weighted by molar-refractivity contribution is 5.81. The second-order valence-electron chi connectivity index (χ2n) is 12.0. The lowest BCUT2D eigenvalue weighted by Crippen LogP contribution is -2.52. The van der Waals surface area contributed by atoms with E-state index in [2.05, 4.69) is 16.6 Å². The number of benzene rings is 2. The summed E-state index contributed by atoms with van der Waals surface area (Å²) >= 11 is 0. The number of terminal acetylenes is 1. The lowest BCUT2D eigenvalue weighted by molar-refractivity contribution is -0.133. The highest BCUT2D eigenvalue weighted by Crippen LogP contribution is 2.45. The van der Waals surface area contributed by atoms with Gasteiger partial charge in [-0.1, -0.05) is 25.0 Å². The third-order valence-electron chi connectivity index (χ3n) is 8.54. The molecule has 3 unspecified atom stereocenters. The topological polar surface area (TPSA) is 100 Å². The number of hydrogen-bond acceptors (Lipinski definition) is 6. The first kappa shape index (κ1) is 33.4. The van der Waals surface area contributed by atoms with Crippen molar-refractivity contribution in [1.29, 1.82) is 0 Å². The molecule has 1 saturated carbocycles. The third-order valence-corrected chi connectivity index (χ3v) is 8.54. The maximum absolute atomic E-state index is 14.7. The summed E-state index contributed by atoms with van der Waals surface area (Å²) in [6, 6.07) is 11.6. The van der Waals surface area contributed by atoms with Gasteiger partial charge in [0.1, 0.15) is 11.6 Å². The monoisotopic (exact) mass is 607 g/mol. The summed E-state index contributed by atoms with van der Waals surface area (Å²) in [5.74, 6) is 1.73. The van der Waals surface area contributed by atoms with E-state index >= 15 is 0 Å². The van der Waals surface area contributed by atoms with Crippen molar-refractivity contribution in [2.24, 2.45) is 5.92 Å². The van der Waals surface area contributed by atoms with Gasteiger partial charge in [0.25, 0.3) is 0 Å². The van der Waals surface area contributed by atoms with Gasteiger partial charge < -0.3 is 30.1 Å². The largest absolute Gasteiger partial charge is 0.493 e. The number of nitrogens with zero attached hydrogens (tertiary/aromatic N) is 1. The van der Waals surface area contributed by atoms with Crippen LogP contribution in [-0.2, 0) is 26.3 Å². The molecule has 2 amide bonds. The molecule has 2 aromatic rings. The minimum atomic E-state index is -0.994. The molecule has 1 heterocycles. The number of amides is 2. The molecule has 9 heteroatoms. The molecular weight excluding hydrogens is 561 g/mol. The quantitative estimate of drug-likeness (QED) is 0.374. The van der Waals surface area contributed by atoms with Crippen molar-refractivity contribution in [3.63, 3.8) is 0 Å². The fourth-order valence-electron chi connectivity index (χ4n) is 5.87. The normalized spacial score (nSPS) is 21.8. The van der Waals surface area contributed by atoms with E-state index in [9.17, 15) is 19.1 Å². The van der Waals surface area contributed by atoms with Crippen LogP contribution in [-0.4, -0.2) is 73.9 Å². The SMILES string of the molecule is C#Cc1cccc(C2(NCC(O)C3Cc4cc(F)cc(c4)OCCCCN(CCC)C(=O)CCC(COC)C(=O)N3)CC2)c1. The van der Waals surface area contributed by atoms with Gasteiger partial charge in [0, 0.05) is 50.3 Å². The summed E-state index contributed by atoms with van der Waals surface area (Å²) in [6.45, 7) is 4.00. The first-order valence-corrected chi connectivity index (χ1v) is 15.8. The Bertz CT molecular complexity index is 1310. The van der Waals surface area contributed by atoms with Crippen molar-refractivity contribution in [2.75, 3.05) is 40.0 Å². The highest BCUT2D eigenvalue weighted by atomic mass is 19.1. The summed E-state index contributed by atoms with van der Waals surface area (Å²) in [4.78, 5) is 28.6. The maximum atomic E-state index is 14.7. The van der Waals surface area contributed by atoms with Crippen LogP contribution in [0, 0.1) is 24.1 Å². The van der Waals surface area contributed by atoms with E-state index < -0.39 is 23.9 Å². The number of aliphatic hydroxyl groups excluding tert-OH is 1. The number of nitrogens with one attached hydrogen (secondary N) is 2. The molecule has 44 heavy (non-hydrogen) atoms. The third kappa shape index (κ3) is 9.28. The molecule has 4 rings (SSSR count). The molecule has 2 bridgehead atoms. The van der Waals surface area contributed by atoms with Gasteiger partial charge in [-0.25, -0.2) is 4.39 Å². The smallest absolute Gasteiger partial charge is 0.225 e. The van der Waals surface area contributed by atoms with Crippen LogP contribution in [0.3, 0.4) is 0 Å². The van der Waals surface area contributed by atoms with Crippen LogP contribution >= 0.6 is 0 Å². The molecule has 3 N–H and O–H groups in total. The van der Waals surface area contributed by atoms with E-state index in [-0.39, 0.29) is 43.3 Å². The molecule has 1 aliphatic carbocycles. The molecule has 0 saturated heterocycles. The molecule has 1 aliphatic heterocycles. The standard InChI is InChI=1S/C35H46FN3O5/c1-4-15-39-16-6-7-17-44-30-20-26(19-29(36)22-30)21-31(38-34(42)27(24-43-3)11-12-33(39)41)32(40)23-37-35(13-14-35)28-10-8-9-25(5-2)18-28/h2,8-10,18-20,22,27,31-32,37,40H,4,6-7,11-17,21,23-24H2,1,3H3,(H,38,42). The number of aliphatic hydroxyl groups is 1. The molecule has 2 aliphatic rings. The zero-order chi connectivity index (χ0) is 31.5. The number of methoxy groups -OCH3 is 1. The predicted molar refractivity (Wildman–Crippen MR) is 168 cm³/mol. The van der Waals surface area contributed by atoms with E-state index in [0.717, 1.165) is 36.8 Å². The molecule has 8 nitrogen and oxygen atoms in total. The summed E-state index contributed by atoms with van der Waals surface area (Å²) < 4.78 is 25.9. The summed E-state index contributed by atoms with van der Waals surface area (Å²) in [5.41, 5.74) is 2.16. The van der Waals surface area contributed by atoms with E-state index in [1.54, 1.807) is 6.07 Å². The Labute approximate surface area is 260 Å². The molecule has 1 fully saturated rings. The minimum absolute atomic E-state index is 0.00383. The molecule has 238 valence electrons. The zero-order valence-corrected chi connectivity index (χ0v) is 25.9. The molecule has 3 atom stereocenters. The lowest BCUT2D eigenvalue weighted by atomic mass is 9.97. The first-order chi connectivity index (χ1) is 21.3. The summed E-state index contributed by atoms with van der Waals surface area (Å²) in [6.07, 6.45) is 9.44. The van der Waals surface area contributed by atoms with Gasteiger partial charge in [-0.05, 0) is 80.3 Å². The van der Waals surface area contributed by atoms with Crippen LogP contribution in [0.2, 0.25) is 0 Å². The molecule has 0 spiro atoms. The number of halogens is 1. The summed E-state index contributed by atoms with van der Waals surface area (Å²) in [5, 5.41) is 18.0. The number of rotatable bonds is 9. The number of carbonyl (C=O) groups is 2. The molecule has 0 aromatic heterocycles. The van der Waals surface area contributed by atoms with Crippen LogP contribution < -0.4 is 15.4 Å². The van der Waals surface area contributed by atoms with Crippen molar-refractivity contribution in [3.05, 3.63) is 65.0 Å². The van der Waals surface area contributed by atoms with Crippen LogP contribution in [0.25, 0.3) is 0 Å². The average Bonchev–Trinajstić information content (AvgIpc) is 3.81. The zero-order valence-electron chi connectivity index (χ0n) is 25.9. The van der Waals surface area contributed by atoms with Crippen molar-refractivity contribution in [1.82, 2.24) is 15.5 Å². The van der Waals surface area contributed by atoms with Gasteiger partial charge in [0.2, 0.25) is 11.8 Å². The fraction of sp³-hybridized carbons (Fsp3) is 0.543. The Morgan fingerprint density at radius 3 is 2.80 bits per heavy atom. The average molecular weight is 608 g/mol. The van der Waals surface area contributed by atoms with E-state index in [4.69, 9.17) is 15.9 Å². The van der Waals surface area contributed by atoms with Gasteiger partial charge >= 0.3 is 0 Å². The Morgan fingerprint density at radius 1 is 1.25 bits per heavy atom. The van der Waals surface area contributed by atoms with E-state index in [1.165, 1.54) is 19.2 Å². The Hall–Kier alpha value is -3.45. The van der Waals surface area contributed by atoms with E-state index in [0.29, 0.717) is 43.9 Å². The molecule has 2 aromatic carbocycles. The van der Waals surface area contributed by atoms with Gasteiger partial charge in [-0.3, -0.25) is 9.59 Å². The van der Waals surface area contributed by atoms with Crippen molar-refractivity contribution >= 4 is 11.8 Å². The van der Waals surface area contributed by atoms with Crippen LogP contribution in [0.1, 0.15) is 68.6 Å². The first-order valence-electron chi connectivity index (χ1n) is 15.8. The second kappa shape index (κ2) is 16.0. The van der Waals surface area contributed by atoms with Crippen molar-refractivity contribution < 1.29 is 28.6 Å². The second-order valence-corrected chi connectivity index (χ2v) is 12.0. The molecular formula is C35H46FN3O5. The number of hydrogen-bond donors (Lipinski definition) is 3. The number of ether oxygens (including phenoxy) is 2. The lowest BCUT2D eigenvalue weighted by Gasteiger charge is -2.29. The van der Waals surface area contributed by atoms with Gasteiger partial charge in [-0.15, -0.1) is 6.42 Å². The predicted octanol–water partition coefficient (Wildman–Crippen LogP) is 3.93. The highest BCUT2D eigenvalue weighted by Gasteiger charge is 2.44. The van der Waals surface area contributed by atoms with Crippen molar-refractivity contribution in [2.45, 2.75) is 76.0 Å². The van der Waals surface area contributed by atoms with Crippen LogP contribution in [0.15, 0.2) is 42.5 Å². The Morgan fingerprint density at radius 2 is 2.07 bits per heavy atom. The summed E-state index contributed by atoms with van der Waals surface area (Å²) in [7, 11) is 1.52. The number of carbonyl (C=O) groups excluding carboxylic acids is 2. The number of fused-ring (bicyclic) bond motifs is 2. The fourth-order valence-corrected chi connectivity index (χ4v) is 5.87. The van der Waals surface area contributed by atoms with Gasteiger partial charge in [0.05, 0.1) is 31.3 Å². The van der Waals surface area contributed by atoms with Gasteiger partial charge in [0.15, 0.2) is 0 Å². The van der Waals surface area contributed by atoms with E-state index in [1.807, 2.05) is 36.1 Å². The van der Waals surface area contributed by atoms with Gasteiger partial charge in [-0.2, -0.15) is 0 Å². The van der Waals surface area contributed by atoms with Crippen molar-refractivity contribution in [3.8, 4) is 18.1 Å². The molecule has 0 radical (unpaired) electrons. The maximum Gasteiger partial charge on any atom is 0.225 e. The van der Waals surface area contributed by atoms with Crippen LogP contribution in [0.4, 0.5) is 4.39 Å².